The number of nitrogens with one attached hydrogen (secondary N) is 2. The number of aryl methyl sites for hydroxylation is 1. The van der Waals surface area contributed by atoms with Gasteiger partial charge in [0.05, 0.1) is 12.2 Å². The molecule has 3 aromatic rings. The zero-order valence-electron chi connectivity index (χ0n) is 15.9. The van der Waals surface area contributed by atoms with Crippen molar-refractivity contribution >= 4 is 29.9 Å². The highest BCUT2D eigenvalue weighted by Crippen LogP contribution is 2.13. The molecule has 3 rings (SSSR count). The third-order valence-electron chi connectivity index (χ3n) is 3.94. The number of nitrogens with zero attached hydrogens (tertiary/aromatic N) is 5. The summed E-state index contributed by atoms with van der Waals surface area (Å²) in [5.41, 5.74) is 2.03. The van der Waals surface area contributed by atoms with Crippen molar-refractivity contribution in [3.63, 3.8) is 0 Å². The Morgan fingerprint density at radius 1 is 1.07 bits per heavy atom. The van der Waals surface area contributed by atoms with E-state index in [1.165, 1.54) is 6.33 Å². The predicted molar refractivity (Wildman–Crippen MR) is 118 cm³/mol. The second-order valence-electron chi connectivity index (χ2n) is 5.83. The van der Waals surface area contributed by atoms with Gasteiger partial charge in [0.1, 0.15) is 24.5 Å². The van der Waals surface area contributed by atoms with Crippen molar-refractivity contribution in [1.29, 1.82) is 0 Å². The molecule has 0 unspecified atom stereocenters. The Morgan fingerprint density at radius 2 is 1.86 bits per heavy atom. The molecule has 9 heteroatoms. The van der Waals surface area contributed by atoms with E-state index in [9.17, 15) is 0 Å². The molecule has 28 heavy (non-hydrogen) atoms. The first-order valence-electron chi connectivity index (χ1n) is 8.63. The standard InChI is InChI=1S/C19H23N7O.HI/c1-20-19(23-12-18-24-14-25-26(18)2)22-11-15-6-8-17(9-7-15)27-13-16-5-3-4-10-21-16;/h3-10,14H,11-13H2,1-2H3,(H2,20,22,23);1H. The van der Waals surface area contributed by atoms with Gasteiger partial charge in [0.25, 0.3) is 0 Å². The fourth-order valence-electron chi connectivity index (χ4n) is 2.39. The van der Waals surface area contributed by atoms with E-state index in [2.05, 4.69) is 30.7 Å². The Balaban J connectivity index is 0.00000280. The van der Waals surface area contributed by atoms with E-state index in [1.54, 1.807) is 17.9 Å². The first-order chi connectivity index (χ1) is 13.2. The summed E-state index contributed by atoms with van der Waals surface area (Å²) in [6.07, 6.45) is 3.30. The number of aliphatic imine (C=N–C) groups is 1. The van der Waals surface area contributed by atoms with Gasteiger partial charge >= 0.3 is 0 Å². The Hall–Kier alpha value is -2.69. The highest BCUT2D eigenvalue weighted by Gasteiger charge is 2.03. The van der Waals surface area contributed by atoms with Crippen molar-refractivity contribution in [2.45, 2.75) is 19.7 Å². The van der Waals surface area contributed by atoms with Gasteiger partial charge in [-0.2, -0.15) is 5.10 Å². The topological polar surface area (TPSA) is 89.2 Å². The first-order valence-corrected chi connectivity index (χ1v) is 8.63. The second kappa shape index (κ2) is 11.2. The molecule has 0 radical (unpaired) electrons. The van der Waals surface area contributed by atoms with E-state index in [0.717, 1.165) is 22.8 Å². The highest BCUT2D eigenvalue weighted by atomic mass is 127. The molecule has 148 valence electrons. The van der Waals surface area contributed by atoms with E-state index < -0.39 is 0 Å². The molecule has 0 aliphatic heterocycles. The lowest BCUT2D eigenvalue weighted by Gasteiger charge is -2.12. The largest absolute Gasteiger partial charge is 0.487 e. The summed E-state index contributed by atoms with van der Waals surface area (Å²) in [6, 6.07) is 13.7. The van der Waals surface area contributed by atoms with Crippen molar-refractivity contribution < 1.29 is 4.74 Å². The number of aromatic nitrogens is 4. The number of rotatable bonds is 7. The van der Waals surface area contributed by atoms with Crippen LogP contribution in [0.3, 0.4) is 0 Å². The number of ether oxygens (including phenoxy) is 1. The van der Waals surface area contributed by atoms with Gasteiger partial charge in [-0.1, -0.05) is 18.2 Å². The van der Waals surface area contributed by atoms with Crippen LogP contribution < -0.4 is 15.4 Å². The summed E-state index contributed by atoms with van der Waals surface area (Å²) >= 11 is 0. The Labute approximate surface area is 181 Å². The minimum atomic E-state index is 0. The van der Waals surface area contributed by atoms with Gasteiger partial charge in [0.15, 0.2) is 5.96 Å². The molecule has 0 spiro atoms. The molecular formula is C19H24IN7O. The van der Waals surface area contributed by atoms with Crippen LogP contribution >= 0.6 is 24.0 Å². The van der Waals surface area contributed by atoms with Gasteiger partial charge in [-0.25, -0.2) is 4.98 Å². The van der Waals surface area contributed by atoms with Gasteiger partial charge < -0.3 is 15.4 Å². The second-order valence-corrected chi connectivity index (χ2v) is 5.83. The molecule has 0 saturated carbocycles. The van der Waals surface area contributed by atoms with Crippen LogP contribution in [0, 0.1) is 0 Å². The zero-order valence-corrected chi connectivity index (χ0v) is 18.2. The summed E-state index contributed by atoms with van der Waals surface area (Å²) in [6.45, 7) is 1.66. The summed E-state index contributed by atoms with van der Waals surface area (Å²) in [4.78, 5) is 12.6. The third kappa shape index (κ3) is 6.48. The number of guanidine groups is 1. The smallest absolute Gasteiger partial charge is 0.191 e. The molecule has 0 aliphatic rings. The molecule has 0 aliphatic carbocycles. The molecule has 0 atom stereocenters. The van der Waals surface area contributed by atoms with Gasteiger partial charge in [-0.05, 0) is 29.8 Å². The number of pyridine rings is 1. The number of hydrogen-bond donors (Lipinski definition) is 2. The molecule has 0 amide bonds. The Bertz CT molecular complexity index is 866. The molecule has 8 nitrogen and oxygen atoms in total. The van der Waals surface area contributed by atoms with Crippen LogP contribution in [0.15, 0.2) is 60.0 Å². The molecule has 2 heterocycles. The lowest BCUT2D eigenvalue weighted by molar-refractivity contribution is 0.301. The van der Waals surface area contributed by atoms with Crippen LogP contribution in [0.1, 0.15) is 17.1 Å². The van der Waals surface area contributed by atoms with Crippen LogP contribution in [0.4, 0.5) is 0 Å². The minimum absolute atomic E-state index is 0. The van der Waals surface area contributed by atoms with Crippen LogP contribution in [0.25, 0.3) is 0 Å². The molecule has 1 aromatic carbocycles. The maximum Gasteiger partial charge on any atom is 0.191 e. The maximum atomic E-state index is 5.75. The molecule has 0 bridgehead atoms. The summed E-state index contributed by atoms with van der Waals surface area (Å²) in [5.74, 6) is 2.36. The van der Waals surface area contributed by atoms with E-state index >= 15 is 0 Å². The number of hydrogen-bond acceptors (Lipinski definition) is 5. The molecule has 0 saturated heterocycles. The van der Waals surface area contributed by atoms with E-state index in [1.807, 2.05) is 49.5 Å². The molecule has 2 N–H and O–H groups in total. The van der Waals surface area contributed by atoms with Crippen molar-refractivity contribution in [1.82, 2.24) is 30.4 Å². The van der Waals surface area contributed by atoms with Gasteiger partial charge in [-0.15, -0.1) is 24.0 Å². The summed E-state index contributed by atoms with van der Waals surface area (Å²) < 4.78 is 7.48. The maximum absolute atomic E-state index is 5.75. The van der Waals surface area contributed by atoms with Crippen LogP contribution in [-0.2, 0) is 26.7 Å². The van der Waals surface area contributed by atoms with E-state index in [4.69, 9.17) is 4.74 Å². The SMILES string of the molecule is CN=C(NCc1ccc(OCc2ccccn2)cc1)NCc1ncnn1C.I. The molecule has 2 aromatic heterocycles. The van der Waals surface area contributed by atoms with Gasteiger partial charge in [-0.3, -0.25) is 14.7 Å². The van der Waals surface area contributed by atoms with Crippen LogP contribution in [0.2, 0.25) is 0 Å². The zero-order chi connectivity index (χ0) is 18.9. The fourth-order valence-corrected chi connectivity index (χ4v) is 2.39. The fraction of sp³-hybridized carbons (Fsp3) is 0.263. The van der Waals surface area contributed by atoms with Crippen molar-refractivity contribution in [2.75, 3.05) is 7.05 Å². The van der Waals surface area contributed by atoms with Crippen molar-refractivity contribution in [3.8, 4) is 5.75 Å². The Kier molecular flexibility index (Phi) is 8.66. The van der Waals surface area contributed by atoms with E-state index in [-0.39, 0.29) is 24.0 Å². The van der Waals surface area contributed by atoms with Crippen LogP contribution in [0.5, 0.6) is 5.75 Å². The number of halogens is 1. The van der Waals surface area contributed by atoms with Crippen molar-refractivity contribution in [3.05, 3.63) is 72.1 Å². The summed E-state index contributed by atoms with van der Waals surface area (Å²) in [7, 11) is 3.60. The average molecular weight is 493 g/mol. The van der Waals surface area contributed by atoms with Gasteiger partial charge in [0, 0.05) is 26.8 Å². The predicted octanol–water partition coefficient (Wildman–Crippen LogP) is 2.27. The molecule has 0 fully saturated rings. The first kappa shape index (κ1) is 21.6. The number of benzene rings is 1. The Morgan fingerprint density at radius 3 is 2.50 bits per heavy atom. The average Bonchev–Trinajstić information content (AvgIpc) is 3.13. The normalized spacial score (nSPS) is 10.9. The van der Waals surface area contributed by atoms with Gasteiger partial charge in [0.2, 0.25) is 0 Å². The van der Waals surface area contributed by atoms with Crippen LogP contribution in [-0.4, -0.2) is 32.8 Å². The lowest BCUT2D eigenvalue weighted by Crippen LogP contribution is -2.36. The minimum Gasteiger partial charge on any atom is -0.487 e. The molecular weight excluding hydrogens is 469 g/mol. The lowest BCUT2D eigenvalue weighted by atomic mass is 10.2. The summed E-state index contributed by atoms with van der Waals surface area (Å²) in [5, 5.41) is 10.5. The highest BCUT2D eigenvalue weighted by molar-refractivity contribution is 14.0. The quantitative estimate of drug-likeness (QED) is 0.298. The van der Waals surface area contributed by atoms with E-state index in [0.29, 0.717) is 25.7 Å². The monoisotopic (exact) mass is 493 g/mol. The third-order valence-corrected chi connectivity index (χ3v) is 3.94. The van der Waals surface area contributed by atoms with Crippen molar-refractivity contribution in [2.24, 2.45) is 12.0 Å².